The molecule has 0 spiro atoms. The van der Waals surface area contributed by atoms with Crippen molar-refractivity contribution in [3.63, 3.8) is 0 Å². The number of thiophene rings is 1. The molecule has 0 aliphatic carbocycles. The Morgan fingerprint density at radius 2 is 1.70 bits per heavy atom. The topological polar surface area (TPSA) is 75.3 Å². The van der Waals surface area contributed by atoms with Crippen LogP contribution in [0.15, 0.2) is 101 Å². The van der Waals surface area contributed by atoms with Crippen LogP contribution in [-0.2, 0) is 4.79 Å². The number of nitrogens with one attached hydrogen (secondary N) is 2. The Kier molecular flexibility index (Phi) is 9.19. The predicted octanol–water partition coefficient (Wildman–Crippen LogP) is 7.44. The Labute approximate surface area is 232 Å². The summed E-state index contributed by atoms with van der Waals surface area (Å²) in [5.74, 6) is -0.649. The van der Waals surface area contributed by atoms with E-state index in [1.54, 1.807) is 72.8 Å². The maximum atomic E-state index is 13.3. The van der Waals surface area contributed by atoms with Crippen LogP contribution in [0.4, 0.5) is 5.69 Å². The highest BCUT2D eigenvalue weighted by molar-refractivity contribution is 8.00. The molecule has 0 radical (unpaired) electrons. The van der Waals surface area contributed by atoms with E-state index in [1.807, 2.05) is 17.5 Å². The van der Waals surface area contributed by atoms with E-state index in [0.717, 1.165) is 4.90 Å². The summed E-state index contributed by atoms with van der Waals surface area (Å²) >= 11 is 15.1. The van der Waals surface area contributed by atoms with Gasteiger partial charge in [0.15, 0.2) is 5.78 Å². The molecule has 2 amide bonds. The third-order valence-electron chi connectivity index (χ3n) is 5.05. The van der Waals surface area contributed by atoms with Crippen molar-refractivity contribution in [2.45, 2.75) is 4.90 Å². The van der Waals surface area contributed by atoms with Crippen molar-refractivity contribution < 1.29 is 14.4 Å². The second kappa shape index (κ2) is 12.7. The highest BCUT2D eigenvalue weighted by Crippen LogP contribution is 2.25. The van der Waals surface area contributed by atoms with Crippen molar-refractivity contribution in [1.82, 2.24) is 5.32 Å². The maximum absolute atomic E-state index is 13.3. The molecule has 0 atom stereocenters. The fourth-order valence-corrected chi connectivity index (χ4v) is 5.29. The van der Waals surface area contributed by atoms with Crippen molar-refractivity contribution in [1.29, 1.82) is 0 Å². The molecule has 2 N–H and O–H groups in total. The molecule has 4 rings (SSSR count). The standard InChI is InChI=1S/C28H20Cl2N2O3S2/c29-20-12-11-19(23(30)15-20)14-24(32-27(34)18-6-2-1-3-7-18)28(35)31-21-8-4-9-22(16-21)37-17-25(33)26-10-5-13-36-26/h1-16H,17H2,(H,31,35)(H,32,34)/b24-14-. The molecule has 3 aromatic carbocycles. The molecular weight excluding hydrogens is 547 g/mol. The fourth-order valence-electron chi connectivity index (χ4n) is 3.24. The zero-order valence-corrected chi connectivity index (χ0v) is 22.4. The van der Waals surface area contributed by atoms with Gasteiger partial charge < -0.3 is 10.6 Å². The highest BCUT2D eigenvalue weighted by Gasteiger charge is 2.16. The van der Waals surface area contributed by atoms with Gasteiger partial charge in [0.05, 0.1) is 10.6 Å². The zero-order chi connectivity index (χ0) is 26.2. The van der Waals surface area contributed by atoms with Gasteiger partial charge in [0.1, 0.15) is 5.70 Å². The summed E-state index contributed by atoms with van der Waals surface area (Å²) in [7, 11) is 0. The number of Topliss-reactive ketones (excluding diaryl/α,β-unsaturated/α-hetero) is 1. The molecule has 0 aliphatic rings. The van der Waals surface area contributed by atoms with Gasteiger partial charge in [-0.2, -0.15) is 0 Å². The number of benzene rings is 3. The lowest BCUT2D eigenvalue weighted by Crippen LogP contribution is -2.30. The summed E-state index contributed by atoms with van der Waals surface area (Å²) in [5, 5.41) is 8.16. The molecule has 37 heavy (non-hydrogen) atoms. The Hall–Kier alpha value is -3.36. The molecule has 1 heterocycles. The van der Waals surface area contributed by atoms with E-state index in [4.69, 9.17) is 23.2 Å². The minimum atomic E-state index is -0.535. The average molecular weight is 568 g/mol. The molecular formula is C28H20Cl2N2O3S2. The van der Waals surface area contributed by atoms with Crippen LogP contribution in [-0.4, -0.2) is 23.4 Å². The number of amides is 2. The van der Waals surface area contributed by atoms with Crippen molar-refractivity contribution >= 4 is 75.7 Å². The van der Waals surface area contributed by atoms with Crippen molar-refractivity contribution in [2.75, 3.05) is 11.1 Å². The predicted molar refractivity (Wildman–Crippen MR) is 153 cm³/mol. The molecule has 0 unspecified atom stereocenters. The molecule has 0 aliphatic heterocycles. The van der Waals surface area contributed by atoms with Crippen molar-refractivity contribution in [2.24, 2.45) is 0 Å². The first kappa shape index (κ1) is 26.7. The van der Waals surface area contributed by atoms with Crippen LogP contribution in [0.1, 0.15) is 25.6 Å². The quantitative estimate of drug-likeness (QED) is 0.125. The molecule has 1 aromatic heterocycles. The number of halogens is 2. The van der Waals surface area contributed by atoms with E-state index < -0.39 is 11.8 Å². The van der Waals surface area contributed by atoms with Gasteiger partial charge in [-0.05, 0) is 65.6 Å². The Balaban J connectivity index is 1.53. The lowest BCUT2D eigenvalue weighted by atomic mass is 10.1. The molecule has 4 aromatic rings. The third-order valence-corrected chi connectivity index (χ3v) is 7.52. The smallest absolute Gasteiger partial charge is 0.272 e. The summed E-state index contributed by atoms with van der Waals surface area (Å²) in [6, 6.07) is 24.2. The summed E-state index contributed by atoms with van der Waals surface area (Å²) in [6.45, 7) is 0. The average Bonchev–Trinajstić information content (AvgIpc) is 3.44. The van der Waals surface area contributed by atoms with Crippen molar-refractivity contribution in [3.05, 3.63) is 122 Å². The van der Waals surface area contributed by atoms with E-state index in [2.05, 4.69) is 10.6 Å². The molecule has 0 saturated heterocycles. The monoisotopic (exact) mass is 566 g/mol. The Bertz CT molecular complexity index is 1460. The number of hydrogen-bond acceptors (Lipinski definition) is 5. The Morgan fingerprint density at radius 1 is 0.892 bits per heavy atom. The van der Waals surface area contributed by atoms with Crippen molar-refractivity contribution in [3.8, 4) is 0 Å². The fraction of sp³-hybridized carbons (Fsp3) is 0.0357. The second-order valence-corrected chi connectivity index (χ2v) is 10.6. The molecule has 9 heteroatoms. The first-order valence-corrected chi connectivity index (χ1v) is 13.7. The molecule has 0 bridgehead atoms. The number of ketones is 1. The summed E-state index contributed by atoms with van der Waals surface area (Å²) in [5.41, 5.74) is 1.43. The minimum Gasteiger partial charge on any atom is -0.321 e. The van der Waals surface area contributed by atoms with Crippen LogP contribution in [0.25, 0.3) is 6.08 Å². The van der Waals surface area contributed by atoms with Gasteiger partial charge in [-0.25, -0.2) is 0 Å². The van der Waals surface area contributed by atoms with Gasteiger partial charge in [-0.1, -0.05) is 59.6 Å². The van der Waals surface area contributed by atoms with Crippen LogP contribution in [0.2, 0.25) is 10.0 Å². The first-order chi connectivity index (χ1) is 17.9. The normalized spacial score (nSPS) is 11.1. The zero-order valence-electron chi connectivity index (χ0n) is 19.2. The van der Waals surface area contributed by atoms with Crippen LogP contribution in [0.3, 0.4) is 0 Å². The maximum Gasteiger partial charge on any atom is 0.272 e. The molecule has 5 nitrogen and oxygen atoms in total. The first-order valence-electron chi connectivity index (χ1n) is 11.0. The minimum absolute atomic E-state index is 0.00371. The number of anilines is 1. The highest BCUT2D eigenvalue weighted by atomic mass is 35.5. The van der Waals surface area contributed by atoms with E-state index in [-0.39, 0.29) is 17.2 Å². The lowest BCUT2D eigenvalue weighted by molar-refractivity contribution is -0.113. The largest absolute Gasteiger partial charge is 0.321 e. The van der Waals surface area contributed by atoms with Crippen LogP contribution >= 0.6 is 46.3 Å². The van der Waals surface area contributed by atoms with Crippen LogP contribution < -0.4 is 10.6 Å². The number of carbonyl (C=O) groups is 3. The van der Waals surface area contributed by atoms with Gasteiger partial charge in [-0.3, -0.25) is 14.4 Å². The summed E-state index contributed by atoms with van der Waals surface area (Å²) in [6.07, 6.45) is 1.49. The van der Waals surface area contributed by atoms with E-state index in [9.17, 15) is 14.4 Å². The van der Waals surface area contributed by atoms with E-state index in [1.165, 1.54) is 29.2 Å². The van der Waals surface area contributed by atoms with Crippen LogP contribution in [0, 0.1) is 0 Å². The summed E-state index contributed by atoms with van der Waals surface area (Å²) in [4.78, 5) is 40.0. The van der Waals surface area contributed by atoms with Gasteiger partial charge >= 0.3 is 0 Å². The van der Waals surface area contributed by atoms with E-state index in [0.29, 0.717) is 31.7 Å². The number of rotatable bonds is 9. The number of hydrogen-bond donors (Lipinski definition) is 2. The second-order valence-electron chi connectivity index (χ2n) is 7.72. The molecule has 0 saturated carbocycles. The Morgan fingerprint density at radius 3 is 2.43 bits per heavy atom. The number of thioether (sulfide) groups is 1. The molecule has 186 valence electrons. The van der Waals surface area contributed by atoms with Gasteiger partial charge in [0.25, 0.3) is 11.8 Å². The van der Waals surface area contributed by atoms with Gasteiger partial charge in [0.2, 0.25) is 0 Å². The SMILES string of the molecule is O=C(Nc1cccc(SCC(=O)c2cccs2)c1)/C(=C/c1ccc(Cl)cc1Cl)NC(=O)c1ccccc1. The van der Waals surface area contributed by atoms with E-state index >= 15 is 0 Å². The third kappa shape index (κ3) is 7.57. The molecule has 0 fully saturated rings. The van der Waals surface area contributed by atoms with Crippen LogP contribution in [0.5, 0.6) is 0 Å². The number of carbonyl (C=O) groups excluding carboxylic acids is 3. The summed E-state index contributed by atoms with van der Waals surface area (Å²) < 4.78 is 0. The van der Waals surface area contributed by atoms with Gasteiger partial charge in [0, 0.05) is 26.2 Å². The van der Waals surface area contributed by atoms with Gasteiger partial charge in [-0.15, -0.1) is 23.1 Å². The lowest BCUT2D eigenvalue weighted by Gasteiger charge is -2.12.